The first-order chi connectivity index (χ1) is 10.6. The second-order valence-electron chi connectivity index (χ2n) is 5.30. The molecule has 1 aromatic carbocycles. The van der Waals surface area contributed by atoms with Gasteiger partial charge in [-0.2, -0.15) is 0 Å². The van der Waals surface area contributed by atoms with Gasteiger partial charge in [-0.15, -0.1) is 0 Å². The molecule has 0 fully saturated rings. The standard InChI is InChI=1S/C16H27N2O3.Pb/c1-4-5-6-10-18(12-16(19)13(2)17)21-15-9-7-8-14(11-15)20-3;/h7-9,11,13,16,19H,2,4-6,10,12,17H2,1,3H3;. The minimum atomic E-state index is -0.565. The number of hydroxylamine groups is 2. The zero-order valence-corrected chi connectivity index (χ0v) is 17.4. The molecule has 3 N–H and O–H groups in total. The molecule has 0 aliphatic carbocycles. The van der Waals surface area contributed by atoms with Gasteiger partial charge in [0, 0.05) is 0 Å². The summed E-state index contributed by atoms with van der Waals surface area (Å²) in [5.74, 6) is 1.46. The van der Waals surface area contributed by atoms with Crippen molar-refractivity contribution in [3.8, 4) is 11.5 Å². The molecule has 2 atom stereocenters. The first kappa shape index (κ1) is 19.7. The Morgan fingerprint density at radius 1 is 1.32 bits per heavy atom. The summed E-state index contributed by atoms with van der Waals surface area (Å²) in [6.07, 6.45) is 2.75. The Morgan fingerprint density at radius 2 is 2.05 bits per heavy atom. The van der Waals surface area contributed by atoms with E-state index in [0.29, 0.717) is 12.3 Å². The van der Waals surface area contributed by atoms with Crippen LogP contribution in [0.15, 0.2) is 24.3 Å². The number of aliphatic hydroxyl groups is 1. The fraction of sp³-hybridized carbons (Fsp3) is 0.625. The molecular weight excluding hydrogens is 475 g/mol. The molecule has 0 spiro atoms. The average molecular weight is 503 g/mol. The van der Waals surface area contributed by atoms with Crippen LogP contribution in [-0.2, 0) is 0 Å². The van der Waals surface area contributed by atoms with Gasteiger partial charge in [0.2, 0.25) is 0 Å². The number of ether oxygens (including phenoxy) is 1. The van der Waals surface area contributed by atoms with Crippen molar-refractivity contribution in [1.29, 1.82) is 0 Å². The third-order valence-electron chi connectivity index (χ3n) is 3.41. The van der Waals surface area contributed by atoms with Gasteiger partial charge >= 0.3 is 150 Å². The number of nitrogens with zero attached hydrogens (tertiary/aromatic N) is 1. The SMILES string of the molecule is CCCCCN(CC(O)C(N)[CH2][Pb])Oc1cccc(OC)c1. The predicted molar refractivity (Wildman–Crippen MR) is 89.3 cm³/mol. The topological polar surface area (TPSA) is 68.0 Å². The number of aliphatic hydroxyl groups excluding tert-OH is 1. The molecule has 123 valence electrons. The van der Waals surface area contributed by atoms with Crippen molar-refractivity contribution in [2.45, 2.75) is 42.3 Å². The first-order valence-corrected chi connectivity index (χ1v) is 10.5. The molecule has 2 unspecified atom stereocenters. The van der Waals surface area contributed by atoms with E-state index in [1.54, 1.807) is 7.11 Å². The molecule has 0 aliphatic heterocycles. The van der Waals surface area contributed by atoms with E-state index < -0.39 is 6.10 Å². The van der Waals surface area contributed by atoms with Crippen molar-refractivity contribution in [3.63, 3.8) is 0 Å². The van der Waals surface area contributed by atoms with Gasteiger partial charge in [0.1, 0.15) is 0 Å². The van der Waals surface area contributed by atoms with Gasteiger partial charge in [-0.05, 0) is 0 Å². The molecule has 0 bridgehead atoms. The predicted octanol–water partition coefficient (Wildman–Crippen LogP) is 1.76. The zero-order valence-electron chi connectivity index (χ0n) is 13.5. The van der Waals surface area contributed by atoms with Crippen LogP contribution in [0.3, 0.4) is 0 Å². The molecule has 0 saturated carbocycles. The van der Waals surface area contributed by atoms with Crippen LogP contribution in [0.4, 0.5) is 0 Å². The van der Waals surface area contributed by atoms with Gasteiger partial charge in [-0.25, -0.2) is 0 Å². The Kier molecular flexibility index (Phi) is 10.0. The summed E-state index contributed by atoms with van der Waals surface area (Å²) in [6.45, 7) is 3.36. The molecule has 0 saturated heterocycles. The van der Waals surface area contributed by atoms with Crippen molar-refractivity contribution >= 4 is 25.8 Å². The molecular formula is C16H27N2O3Pb. The second-order valence-corrected chi connectivity index (χ2v) is 6.89. The van der Waals surface area contributed by atoms with Crippen LogP contribution < -0.4 is 15.3 Å². The first-order valence-electron chi connectivity index (χ1n) is 7.75. The van der Waals surface area contributed by atoms with Crippen LogP contribution in [0.2, 0.25) is 3.98 Å². The third-order valence-corrected chi connectivity index (χ3v) is 5.24. The number of hydrogen-bond donors (Lipinski definition) is 2. The monoisotopic (exact) mass is 503 g/mol. The summed E-state index contributed by atoms with van der Waals surface area (Å²) in [5.41, 5.74) is 5.94. The summed E-state index contributed by atoms with van der Waals surface area (Å²) in [4.78, 5) is 5.92. The van der Waals surface area contributed by atoms with E-state index in [4.69, 9.17) is 15.3 Å². The molecule has 0 aliphatic rings. The van der Waals surface area contributed by atoms with Gasteiger partial charge < -0.3 is 0 Å². The molecule has 1 aromatic rings. The van der Waals surface area contributed by atoms with E-state index in [0.717, 1.165) is 61.3 Å². The van der Waals surface area contributed by atoms with E-state index in [1.165, 1.54) is 0 Å². The van der Waals surface area contributed by atoms with Crippen LogP contribution in [0.5, 0.6) is 11.5 Å². The third kappa shape index (κ3) is 7.26. The Labute approximate surface area is 149 Å². The Balaban J connectivity index is 2.67. The second kappa shape index (κ2) is 11.2. The van der Waals surface area contributed by atoms with Gasteiger partial charge in [0.25, 0.3) is 0 Å². The fourth-order valence-corrected chi connectivity index (χ4v) is 3.06. The number of benzene rings is 1. The molecule has 6 heteroatoms. The summed E-state index contributed by atoms with van der Waals surface area (Å²) in [5, 5.41) is 12.0. The van der Waals surface area contributed by atoms with Crippen molar-refractivity contribution in [1.82, 2.24) is 5.06 Å². The zero-order chi connectivity index (χ0) is 16.4. The van der Waals surface area contributed by atoms with Crippen LogP contribution in [0.1, 0.15) is 26.2 Å². The van der Waals surface area contributed by atoms with E-state index in [1.807, 2.05) is 29.3 Å². The summed E-state index contributed by atoms with van der Waals surface area (Å²) >= 11 is 0.990. The minimum absolute atomic E-state index is 0.172. The summed E-state index contributed by atoms with van der Waals surface area (Å²) in [7, 11) is 1.63. The van der Waals surface area contributed by atoms with E-state index in [2.05, 4.69) is 6.92 Å². The quantitative estimate of drug-likeness (QED) is 0.274. The van der Waals surface area contributed by atoms with Gasteiger partial charge in [0.05, 0.1) is 0 Å². The van der Waals surface area contributed by atoms with Crippen LogP contribution in [0, 0.1) is 0 Å². The van der Waals surface area contributed by atoms with Gasteiger partial charge in [0.15, 0.2) is 0 Å². The number of unbranched alkanes of at least 4 members (excludes halogenated alkanes) is 2. The summed E-state index contributed by atoms with van der Waals surface area (Å²) in [6, 6.07) is 7.31. The maximum absolute atomic E-state index is 10.2. The average Bonchev–Trinajstić information content (AvgIpc) is 2.54. The molecule has 0 heterocycles. The number of hydrogen-bond acceptors (Lipinski definition) is 5. The van der Waals surface area contributed by atoms with E-state index in [9.17, 15) is 5.11 Å². The fourth-order valence-electron chi connectivity index (χ4n) is 2.00. The molecule has 3 radical (unpaired) electrons. The molecule has 1 rings (SSSR count). The normalized spacial score (nSPS) is 13.9. The molecule has 0 aromatic heterocycles. The van der Waals surface area contributed by atoms with Gasteiger partial charge in [-0.1, -0.05) is 0 Å². The van der Waals surface area contributed by atoms with Crippen molar-refractivity contribution in [3.05, 3.63) is 24.3 Å². The maximum atomic E-state index is 10.2. The number of methoxy groups -OCH3 is 1. The van der Waals surface area contributed by atoms with E-state index >= 15 is 0 Å². The van der Waals surface area contributed by atoms with Crippen molar-refractivity contribution < 1.29 is 14.7 Å². The van der Waals surface area contributed by atoms with Crippen LogP contribution >= 0.6 is 0 Å². The number of nitrogens with two attached hydrogens (primary N) is 1. The molecule has 5 nitrogen and oxygen atoms in total. The van der Waals surface area contributed by atoms with Crippen LogP contribution in [0.25, 0.3) is 0 Å². The van der Waals surface area contributed by atoms with Crippen LogP contribution in [-0.4, -0.2) is 68.3 Å². The van der Waals surface area contributed by atoms with Crippen molar-refractivity contribution in [2.24, 2.45) is 5.73 Å². The van der Waals surface area contributed by atoms with Gasteiger partial charge in [-0.3, -0.25) is 0 Å². The Hall–Kier alpha value is -0.378. The molecule has 0 amide bonds. The Morgan fingerprint density at radius 3 is 2.68 bits per heavy atom. The number of rotatable bonds is 11. The Bertz CT molecular complexity index is 420. The van der Waals surface area contributed by atoms with Crippen molar-refractivity contribution in [2.75, 3.05) is 20.2 Å². The summed E-state index contributed by atoms with van der Waals surface area (Å²) < 4.78 is 6.09. The van der Waals surface area contributed by atoms with E-state index in [-0.39, 0.29) is 6.04 Å². The molecule has 22 heavy (non-hydrogen) atoms.